The smallest absolute Gasteiger partial charge is 0.328 e. The van der Waals surface area contributed by atoms with Crippen molar-refractivity contribution in [2.45, 2.75) is 38.5 Å². The minimum Gasteiger partial charge on any atom is -0.364 e. The fourth-order valence-electron chi connectivity index (χ4n) is 2.75. The molecule has 0 bridgehead atoms. The van der Waals surface area contributed by atoms with E-state index in [-0.39, 0.29) is 17.1 Å². The summed E-state index contributed by atoms with van der Waals surface area (Å²) in [6, 6.07) is 3.19. The lowest BCUT2D eigenvalue weighted by molar-refractivity contribution is -0.384. The van der Waals surface area contributed by atoms with E-state index in [9.17, 15) is 10.1 Å². The van der Waals surface area contributed by atoms with Gasteiger partial charge in [-0.2, -0.15) is 5.26 Å². The van der Waals surface area contributed by atoms with E-state index in [1.54, 1.807) is 0 Å². The highest BCUT2D eigenvalue weighted by molar-refractivity contribution is 5.63. The fourth-order valence-corrected chi connectivity index (χ4v) is 2.75. The summed E-state index contributed by atoms with van der Waals surface area (Å²) in [7, 11) is 0. The third-order valence-corrected chi connectivity index (χ3v) is 3.78. The van der Waals surface area contributed by atoms with Gasteiger partial charge in [0, 0.05) is 12.7 Å². The van der Waals surface area contributed by atoms with E-state index < -0.39 is 4.92 Å². The molecule has 1 fully saturated rings. The fraction of sp³-hybridized carbons (Fsp3) is 0.571. The van der Waals surface area contributed by atoms with Crippen molar-refractivity contribution in [3.63, 3.8) is 0 Å². The number of nitriles is 1. The summed E-state index contributed by atoms with van der Waals surface area (Å²) in [5.74, 6) is 1.01. The lowest BCUT2D eigenvalue weighted by Crippen LogP contribution is -2.08. The van der Waals surface area contributed by atoms with Crippen molar-refractivity contribution in [3.05, 3.63) is 27.9 Å². The summed E-state index contributed by atoms with van der Waals surface area (Å²) >= 11 is 0. The van der Waals surface area contributed by atoms with Crippen LogP contribution in [0.1, 0.15) is 44.1 Å². The van der Waals surface area contributed by atoms with Crippen LogP contribution in [0, 0.1) is 27.4 Å². The lowest BCUT2D eigenvalue weighted by atomic mass is 10.0. The van der Waals surface area contributed by atoms with Crippen LogP contribution in [0.5, 0.6) is 0 Å². The zero-order valence-corrected chi connectivity index (χ0v) is 11.3. The summed E-state index contributed by atoms with van der Waals surface area (Å²) < 4.78 is 0. The highest BCUT2D eigenvalue weighted by Gasteiger charge is 2.21. The van der Waals surface area contributed by atoms with Crippen LogP contribution in [0.25, 0.3) is 0 Å². The Labute approximate surface area is 118 Å². The van der Waals surface area contributed by atoms with Crippen molar-refractivity contribution in [2.75, 3.05) is 11.9 Å². The maximum Gasteiger partial charge on any atom is 0.328 e. The van der Waals surface area contributed by atoms with Crippen LogP contribution in [-0.4, -0.2) is 16.5 Å². The monoisotopic (exact) mass is 274 g/mol. The van der Waals surface area contributed by atoms with Gasteiger partial charge in [0.1, 0.15) is 11.6 Å². The number of pyridine rings is 1. The van der Waals surface area contributed by atoms with E-state index in [1.165, 1.54) is 37.9 Å². The molecule has 1 heterocycles. The van der Waals surface area contributed by atoms with Crippen molar-refractivity contribution in [3.8, 4) is 6.07 Å². The van der Waals surface area contributed by atoms with E-state index >= 15 is 0 Å². The van der Waals surface area contributed by atoms with Gasteiger partial charge in [-0.05, 0) is 24.8 Å². The van der Waals surface area contributed by atoms with Gasteiger partial charge in [-0.15, -0.1) is 0 Å². The maximum atomic E-state index is 11.0. The van der Waals surface area contributed by atoms with Gasteiger partial charge in [0.2, 0.25) is 5.82 Å². The molecule has 1 aromatic heterocycles. The minimum atomic E-state index is -0.551. The molecule has 1 aromatic rings. The molecule has 1 aliphatic carbocycles. The van der Waals surface area contributed by atoms with E-state index in [2.05, 4.69) is 10.3 Å². The van der Waals surface area contributed by atoms with E-state index in [4.69, 9.17) is 5.26 Å². The molecule has 0 aromatic carbocycles. The van der Waals surface area contributed by atoms with E-state index in [1.807, 2.05) is 6.07 Å². The summed E-state index contributed by atoms with van der Waals surface area (Å²) in [4.78, 5) is 14.4. The first-order chi connectivity index (χ1) is 9.72. The van der Waals surface area contributed by atoms with Crippen molar-refractivity contribution in [1.29, 1.82) is 5.26 Å². The summed E-state index contributed by atoms with van der Waals surface area (Å²) in [5.41, 5.74) is -0.181. The molecule has 2 rings (SSSR count). The average molecular weight is 274 g/mol. The first-order valence-electron chi connectivity index (χ1n) is 6.99. The third-order valence-electron chi connectivity index (χ3n) is 3.78. The number of anilines is 1. The highest BCUT2D eigenvalue weighted by atomic mass is 16.6. The largest absolute Gasteiger partial charge is 0.364 e. The summed E-state index contributed by atoms with van der Waals surface area (Å²) in [6.07, 6.45) is 8.82. The molecular formula is C14H18N4O2. The molecule has 6 heteroatoms. The first-order valence-corrected chi connectivity index (χ1v) is 6.99. The molecule has 20 heavy (non-hydrogen) atoms. The second kappa shape index (κ2) is 6.85. The Morgan fingerprint density at radius 2 is 2.25 bits per heavy atom. The number of hydrogen-bond acceptors (Lipinski definition) is 5. The molecular weight excluding hydrogens is 256 g/mol. The molecule has 0 unspecified atom stereocenters. The third kappa shape index (κ3) is 3.44. The van der Waals surface area contributed by atoms with E-state index in [0.29, 0.717) is 6.54 Å². The van der Waals surface area contributed by atoms with Gasteiger partial charge >= 0.3 is 5.69 Å². The molecule has 1 saturated carbocycles. The van der Waals surface area contributed by atoms with Crippen molar-refractivity contribution in [1.82, 2.24) is 4.98 Å². The Kier molecular flexibility index (Phi) is 4.88. The molecule has 0 radical (unpaired) electrons. The Balaban J connectivity index is 1.92. The molecule has 0 amide bonds. The van der Waals surface area contributed by atoms with Gasteiger partial charge < -0.3 is 5.32 Å². The zero-order valence-electron chi connectivity index (χ0n) is 11.3. The standard InChI is InChI=1S/C14H18N4O2/c15-10-12-7-9-17-14(13(12)18(19)20)16-8-3-6-11-4-1-2-5-11/h7,9,11H,1-6,8H2,(H,16,17). The highest BCUT2D eigenvalue weighted by Crippen LogP contribution is 2.29. The normalized spacial score (nSPS) is 14.9. The Bertz CT molecular complexity index is 518. The second-order valence-corrected chi connectivity index (χ2v) is 5.14. The van der Waals surface area contributed by atoms with Gasteiger partial charge in [0.15, 0.2) is 0 Å². The quantitative estimate of drug-likeness (QED) is 0.488. The molecule has 0 spiro atoms. The van der Waals surface area contributed by atoms with Crippen molar-refractivity contribution >= 4 is 11.5 Å². The lowest BCUT2D eigenvalue weighted by Gasteiger charge is -2.10. The molecule has 0 aliphatic heterocycles. The van der Waals surface area contributed by atoms with Crippen molar-refractivity contribution < 1.29 is 4.92 Å². The van der Waals surface area contributed by atoms with E-state index in [0.717, 1.165) is 18.8 Å². The van der Waals surface area contributed by atoms with Crippen LogP contribution in [0.15, 0.2) is 12.3 Å². The number of nitrogens with one attached hydrogen (secondary N) is 1. The predicted octanol–water partition coefficient (Wildman–Crippen LogP) is 3.24. The number of nitrogens with zero attached hydrogens (tertiary/aromatic N) is 3. The molecule has 0 saturated heterocycles. The van der Waals surface area contributed by atoms with Gasteiger partial charge in [0.05, 0.1) is 4.92 Å². The Morgan fingerprint density at radius 1 is 1.50 bits per heavy atom. The van der Waals surface area contributed by atoms with Gasteiger partial charge in [-0.1, -0.05) is 25.7 Å². The average Bonchev–Trinajstić information content (AvgIpc) is 2.96. The van der Waals surface area contributed by atoms with Crippen LogP contribution < -0.4 is 5.32 Å². The maximum absolute atomic E-state index is 11.0. The molecule has 6 nitrogen and oxygen atoms in total. The van der Waals surface area contributed by atoms with Gasteiger partial charge in [-0.3, -0.25) is 10.1 Å². The summed E-state index contributed by atoms with van der Waals surface area (Å²) in [5, 5.41) is 22.9. The van der Waals surface area contributed by atoms with Crippen LogP contribution in [0.3, 0.4) is 0 Å². The number of hydrogen-bond donors (Lipinski definition) is 1. The van der Waals surface area contributed by atoms with Gasteiger partial charge in [0.25, 0.3) is 0 Å². The first kappa shape index (κ1) is 14.3. The summed E-state index contributed by atoms with van der Waals surface area (Å²) in [6.45, 7) is 0.652. The van der Waals surface area contributed by atoms with Crippen molar-refractivity contribution in [2.24, 2.45) is 5.92 Å². The molecule has 1 aliphatic rings. The SMILES string of the molecule is N#Cc1ccnc(NCCCC2CCCC2)c1[N+](=O)[O-]. The van der Waals surface area contributed by atoms with Crippen LogP contribution >= 0.6 is 0 Å². The van der Waals surface area contributed by atoms with Crippen LogP contribution in [0.4, 0.5) is 11.5 Å². The Hall–Kier alpha value is -2.16. The second-order valence-electron chi connectivity index (χ2n) is 5.14. The van der Waals surface area contributed by atoms with Crippen LogP contribution in [0.2, 0.25) is 0 Å². The number of aromatic nitrogens is 1. The Morgan fingerprint density at radius 3 is 2.90 bits per heavy atom. The molecule has 0 atom stereocenters. The van der Waals surface area contributed by atoms with Crippen LogP contribution in [-0.2, 0) is 0 Å². The molecule has 106 valence electrons. The minimum absolute atomic E-state index is 0.0447. The topological polar surface area (TPSA) is 91.8 Å². The number of nitro groups is 1. The van der Waals surface area contributed by atoms with Gasteiger partial charge in [-0.25, -0.2) is 4.98 Å². The molecule has 1 N–H and O–H groups in total. The zero-order chi connectivity index (χ0) is 14.4. The number of rotatable bonds is 6. The predicted molar refractivity (Wildman–Crippen MR) is 75.3 cm³/mol.